The van der Waals surface area contributed by atoms with Crippen LogP contribution in [0.25, 0.3) is 0 Å². The van der Waals surface area contributed by atoms with Crippen molar-refractivity contribution in [1.82, 2.24) is 0 Å². The first kappa shape index (κ1) is 15.6. The number of nitrogens with zero attached hydrogens (tertiary/aromatic N) is 1. The first-order valence-corrected chi connectivity index (χ1v) is 7.68. The second-order valence-electron chi connectivity index (χ2n) is 4.69. The van der Waals surface area contributed by atoms with Crippen LogP contribution < -0.4 is 9.64 Å². The van der Waals surface area contributed by atoms with Crippen molar-refractivity contribution in [3.63, 3.8) is 0 Å². The molecule has 0 bridgehead atoms. The van der Waals surface area contributed by atoms with Crippen molar-refractivity contribution in [2.24, 2.45) is 0 Å². The lowest BCUT2D eigenvalue weighted by molar-refractivity contribution is 0.0993. The topological polar surface area (TPSA) is 29.5 Å². The lowest BCUT2D eigenvalue weighted by atomic mass is 10.2. The van der Waals surface area contributed by atoms with E-state index < -0.39 is 0 Å². The standard InChI is InChI=1S/C17H18BrNO2/c1-3-11-21-16-10-9-13(12-15(16)18)17(20)19(2)14-7-5-4-6-8-14/h4-10,12H,3,11H2,1-2H3. The van der Waals surface area contributed by atoms with Crippen molar-refractivity contribution in [3.8, 4) is 5.75 Å². The monoisotopic (exact) mass is 347 g/mol. The highest BCUT2D eigenvalue weighted by molar-refractivity contribution is 9.10. The molecule has 21 heavy (non-hydrogen) atoms. The van der Waals surface area contributed by atoms with Gasteiger partial charge in [0.05, 0.1) is 11.1 Å². The summed E-state index contributed by atoms with van der Waals surface area (Å²) in [5, 5.41) is 0. The average molecular weight is 348 g/mol. The van der Waals surface area contributed by atoms with E-state index in [4.69, 9.17) is 4.74 Å². The zero-order chi connectivity index (χ0) is 15.2. The summed E-state index contributed by atoms with van der Waals surface area (Å²) in [5.74, 6) is 0.708. The highest BCUT2D eigenvalue weighted by Gasteiger charge is 2.14. The zero-order valence-electron chi connectivity index (χ0n) is 12.2. The number of halogens is 1. The summed E-state index contributed by atoms with van der Waals surface area (Å²) in [5.41, 5.74) is 1.49. The molecule has 2 aromatic rings. The fraction of sp³-hybridized carbons (Fsp3) is 0.235. The Bertz CT molecular complexity index is 613. The molecule has 0 unspecified atom stereocenters. The molecule has 3 nitrogen and oxygen atoms in total. The molecule has 0 spiro atoms. The quantitative estimate of drug-likeness (QED) is 0.795. The van der Waals surface area contributed by atoms with E-state index in [9.17, 15) is 4.79 Å². The predicted molar refractivity (Wildman–Crippen MR) is 89.1 cm³/mol. The largest absolute Gasteiger partial charge is 0.492 e. The molecule has 0 fully saturated rings. The zero-order valence-corrected chi connectivity index (χ0v) is 13.8. The van der Waals surface area contributed by atoms with E-state index in [2.05, 4.69) is 22.9 Å². The number of amides is 1. The van der Waals surface area contributed by atoms with Gasteiger partial charge in [0, 0.05) is 18.3 Å². The number of ether oxygens (including phenoxy) is 1. The van der Waals surface area contributed by atoms with Crippen LogP contribution >= 0.6 is 15.9 Å². The van der Waals surface area contributed by atoms with E-state index >= 15 is 0 Å². The van der Waals surface area contributed by atoms with Crippen LogP contribution in [-0.4, -0.2) is 19.6 Å². The maximum absolute atomic E-state index is 12.5. The summed E-state index contributed by atoms with van der Waals surface area (Å²) >= 11 is 3.46. The van der Waals surface area contributed by atoms with Gasteiger partial charge in [0.2, 0.25) is 0 Å². The van der Waals surface area contributed by atoms with Crippen molar-refractivity contribution >= 4 is 27.5 Å². The van der Waals surface area contributed by atoms with E-state index in [0.717, 1.165) is 22.3 Å². The predicted octanol–water partition coefficient (Wildman–Crippen LogP) is 4.51. The Morgan fingerprint density at radius 1 is 1.19 bits per heavy atom. The molecule has 4 heteroatoms. The van der Waals surface area contributed by atoms with Gasteiger partial charge in [0.15, 0.2) is 0 Å². The smallest absolute Gasteiger partial charge is 0.258 e. The van der Waals surface area contributed by atoms with Gasteiger partial charge in [-0.25, -0.2) is 0 Å². The van der Waals surface area contributed by atoms with Gasteiger partial charge in [0.1, 0.15) is 5.75 Å². The third-order valence-corrected chi connectivity index (χ3v) is 3.71. The van der Waals surface area contributed by atoms with Crippen LogP contribution in [0.1, 0.15) is 23.7 Å². The third-order valence-electron chi connectivity index (χ3n) is 3.09. The fourth-order valence-electron chi connectivity index (χ4n) is 1.93. The minimum Gasteiger partial charge on any atom is -0.492 e. The van der Waals surface area contributed by atoms with E-state index in [1.54, 1.807) is 24.1 Å². The summed E-state index contributed by atoms with van der Waals surface area (Å²) < 4.78 is 6.39. The molecule has 0 aliphatic carbocycles. The SMILES string of the molecule is CCCOc1ccc(C(=O)N(C)c2ccccc2)cc1Br. The Morgan fingerprint density at radius 2 is 1.90 bits per heavy atom. The summed E-state index contributed by atoms with van der Waals surface area (Å²) in [7, 11) is 1.77. The van der Waals surface area contributed by atoms with E-state index in [1.807, 2.05) is 36.4 Å². The van der Waals surface area contributed by atoms with Gasteiger partial charge in [0.25, 0.3) is 5.91 Å². The molecule has 0 aliphatic rings. The highest BCUT2D eigenvalue weighted by atomic mass is 79.9. The number of rotatable bonds is 5. The number of hydrogen-bond donors (Lipinski definition) is 0. The van der Waals surface area contributed by atoms with Crippen LogP contribution in [0.4, 0.5) is 5.69 Å². The molecule has 0 atom stereocenters. The number of benzene rings is 2. The van der Waals surface area contributed by atoms with Gasteiger partial charge in [-0.2, -0.15) is 0 Å². The molecule has 0 aromatic heterocycles. The van der Waals surface area contributed by atoms with E-state index in [0.29, 0.717) is 12.2 Å². The van der Waals surface area contributed by atoms with Gasteiger partial charge in [-0.15, -0.1) is 0 Å². The molecular formula is C17H18BrNO2. The summed E-state index contributed by atoms with van der Waals surface area (Å²) in [6.45, 7) is 2.72. The molecule has 2 aromatic carbocycles. The van der Waals surface area contributed by atoms with Crippen LogP contribution in [0.5, 0.6) is 5.75 Å². The van der Waals surface area contributed by atoms with Gasteiger partial charge in [-0.3, -0.25) is 4.79 Å². The summed E-state index contributed by atoms with van der Waals surface area (Å²) in [4.78, 5) is 14.1. The van der Waals surface area contributed by atoms with Crippen LogP contribution in [0.15, 0.2) is 53.0 Å². The molecular weight excluding hydrogens is 330 g/mol. The number of carbonyl (C=O) groups excluding carboxylic acids is 1. The van der Waals surface area contributed by atoms with Crippen molar-refractivity contribution in [3.05, 3.63) is 58.6 Å². The van der Waals surface area contributed by atoms with Crippen molar-refractivity contribution in [1.29, 1.82) is 0 Å². The molecule has 1 amide bonds. The second kappa shape index (κ2) is 7.27. The molecule has 0 N–H and O–H groups in total. The summed E-state index contributed by atoms with van der Waals surface area (Å²) in [6, 6.07) is 15.0. The van der Waals surface area contributed by atoms with Crippen molar-refractivity contribution < 1.29 is 9.53 Å². The number of para-hydroxylation sites is 1. The number of carbonyl (C=O) groups is 1. The second-order valence-corrected chi connectivity index (χ2v) is 5.55. The van der Waals surface area contributed by atoms with Gasteiger partial charge in [-0.1, -0.05) is 25.1 Å². The van der Waals surface area contributed by atoms with Gasteiger partial charge in [-0.05, 0) is 52.7 Å². The van der Waals surface area contributed by atoms with Crippen LogP contribution in [-0.2, 0) is 0 Å². The maximum atomic E-state index is 12.5. The van der Waals surface area contributed by atoms with Crippen molar-refractivity contribution in [2.45, 2.75) is 13.3 Å². The maximum Gasteiger partial charge on any atom is 0.258 e. The third kappa shape index (κ3) is 3.85. The lowest BCUT2D eigenvalue weighted by Crippen LogP contribution is -2.26. The Balaban J connectivity index is 2.18. The Morgan fingerprint density at radius 3 is 2.52 bits per heavy atom. The molecule has 110 valence electrons. The fourth-order valence-corrected chi connectivity index (χ4v) is 2.42. The minimum atomic E-state index is -0.0519. The molecule has 0 heterocycles. The number of anilines is 1. The molecule has 0 saturated carbocycles. The average Bonchev–Trinajstić information content (AvgIpc) is 2.53. The minimum absolute atomic E-state index is 0.0519. The van der Waals surface area contributed by atoms with Crippen LogP contribution in [0.2, 0.25) is 0 Å². The van der Waals surface area contributed by atoms with Gasteiger partial charge < -0.3 is 9.64 Å². The lowest BCUT2D eigenvalue weighted by Gasteiger charge is -2.18. The number of hydrogen-bond acceptors (Lipinski definition) is 2. The van der Waals surface area contributed by atoms with E-state index in [-0.39, 0.29) is 5.91 Å². The Labute approximate surface area is 133 Å². The molecule has 0 saturated heterocycles. The van der Waals surface area contributed by atoms with Gasteiger partial charge >= 0.3 is 0 Å². The Hall–Kier alpha value is -1.81. The van der Waals surface area contributed by atoms with Crippen LogP contribution in [0.3, 0.4) is 0 Å². The van der Waals surface area contributed by atoms with Crippen LogP contribution in [0, 0.1) is 0 Å². The van der Waals surface area contributed by atoms with Crippen molar-refractivity contribution in [2.75, 3.05) is 18.6 Å². The Kier molecular flexibility index (Phi) is 5.39. The summed E-state index contributed by atoms with van der Waals surface area (Å²) in [6.07, 6.45) is 0.948. The molecule has 0 aliphatic heterocycles. The highest BCUT2D eigenvalue weighted by Crippen LogP contribution is 2.27. The van der Waals surface area contributed by atoms with E-state index in [1.165, 1.54) is 0 Å². The molecule has 2 rings (SSSR count). The first-order chi connectivity index (χ1) is 10.1. The molecule has 0 radical (unpaired) electrons. The normalized spacial score (nSPS) is 10.2. The first-order valence-electron chi connectivity index (χ1n) is 6.89.